The Hall–Kier alpha value is -0.513. The lowest BCUT2D eigenvalue weighted by molar-refractivity contribution is -0.132. The van der Waals surface area contributed by atoms with Crippen LogP contribution in [0.15, 0.2) is 30.3 Å². The van der Waals surface area contributed by atoms with Gasteiger partial charge in [0.15, 0.2) is 0 Å². The molecule has 0 aliphatic carbocycles. The van der Waals surface area contributed by atoms with Crippen molar-refractivity contribution in [1.29, 1.82) is 0 Å². The molecule has 0 spiro atoms. The second kappa shape index (κ2) is 5.39. The Morgan fingerprint density at radius 2 is 1.93 bits per heavy atom. The Morgan fingerprint density at radius 1 is 1.36 bits per heavy atom. The zero-order valence-electron chi connectivity index (χ0n) is 7.54. The molecular formula is C9H9Cl2O2Si. The number of hydrogen-bond acceptors (Lipinski definition) is 2. The van der Waals surface area contributed by atoms with Crippen LogP contribution in [0.2, 0.25) is 6.55 Å². The molecule has 0 saturated carbocycles. The fraction of sp³-hybridized carbons (Fsp3) is 0.222. The summed E-state index contributed by atoms with van der Waals surface area (Å²) in [6.45, 7) is 1.87. The van der Waals surface area contributed by atoms with Gasteiger partial charge in [0.1, 0.15) is 0 Å². The molecule has 0 unspecified atom stereocenters. The van der Waals surface area contributed by atoms with E-state index in [-0.39, 0.29) is 0 Å². The van der Waals surface area contributed by atoms with Crippen molar-refractivity contribution in [1.82, 2.24) is 0 Å². The van der Waals surface area contributed by atoms with Gasteiger partial charge >= 0.3 is 15.0 Å². The van der Waals surface area contributed by atoms with Gasteiger partial charge in [-0.15, -0.1) is 0 Å². The van der Waals surface area contributed by atoms with Gasteiger partial charge in [-0.3, -0.25) is 4.79 Å². The minimum atomic E-state index is -1.33. The second-order valence-corrected chi connectivity index (χ2v) is 5.63. The minimum absolute atomic E-state index is 0.575. The monoisotopic (exact) mass is 247 g/mol. The maximum Gasteiger partial charge on any atom is 0.326 e. The molecule has 14 heavy (non-hydrogen) atoms. The molecule has 0 fully saturated rings. The van der Waals surface area contributed by atoms with Crippen molar-refractivity contribution in [3.8, 4) is 0 Å². The zero-order chi connectivity index (χ0) is 10.6. The first-order valence-electron chi connectivity index (χ1n) is 4.00. The van der Waals surface area contributed by atoms with Crippen molar-refractivity contribution in [2.24, 2.45) is 0 Å². The quantitative estimate of drug-likeness (QED) is 0.603. The number of carbonyl (C=O) groups excluding carboxylic acids is 1. The van der Waals surface area contributed by atoms with Gasteiger partial charge in [-0.25, -0.2) is 0 Å². The highest BCUT2D eigenvalue weighted by atomic mass is 35.5. The van der Waals surface area contributed by atoms with E-state index in [1.54, 1.807) is 0 Å². The summed E-state index contributed by atoms with van der Waals surface area (Å²) in [5.74, 6) is -0.575. The zero-order valence-corrected chi connectivity index (χ0v) is 10.0. The molecule has 2 nitrogen and oxygen atoms in total. The van der Waals surface area contributed by atoms with Gasteiger partial charge in [0.05, 0.1) is 0 Å². The molecule has 1 aromatic rings. The summed E-state index contributed by atoms with van der Waals surface area (Å²) in [6.07, 6.45) is 0. The van der Waals surface area contributed by atoms with E-state index < -0.39 is 19.8 Å². The molecule has 1 rings (SSSR count). The summed E-state index contributed by atoms with van der Waals surface area (Å²) in [7, 11) is -1.33. The number of rotatable bonds is 3. The van der Waals surface area contributed by atoms with Crippen LogP contribution < -0.4 is 5.19 Å². The van der Waals surface area contributed by atoms with E-state index in [2.05, 4.69) is 0 Å². The van der Waals surface area contributed by atoms with Crippen molar-refractivity contribution in [3.05, 3.63) is 30.3 Å². The smallest absolute Gasteiger partial charge is 0.326 e. The van der Waals surface area contributed by atoms with Gasteiger partial charge in [-0.1, -0.05) is 53.5 Å². The van der Waals surface area contributed by atoms with Crippen LogP contribution in [0.25, 0.3) is 0 Å². The molecule has 1 radical (unpaired) electrons. The fourth-order valence-corrected chi connectivity index (χ4v) is 2.37. The average molecular weight is 248 g/mol. The van der Waals surface area contributed by atoms with Gasteiger partial charge in [-0.2, -0.15) is 0 Å². The molecule has 0 amide bonds. The van der Waals surface area contributed by atoms with Crippen LogP contribution >= 0.6 is 23.2 Å². The first-order valence-corrected chi connectivity index (χ1v) is 6.78. The number of benzene rings is 1. The molecule has 0 heterocycles. The van der Waals surface area contributed by atoms with Crippen LogP contribution in [-0.4, -0.2) is 19.8 Å². The lowest BCUT2D eigenvalue weighted by Gasteiger charge is -2.11. The predicted molar refractivity (Wildman–Crippen MR) is 59.3 cm³/mol. The summed E-state index contributed by atoms with van der Waals surface area (Å²) in [5, 5.41) is 1.01. The first-order chi connectivity index (χ1) is 6.61. The summed E-state index contributed by atoms with van der Waals surface area (Å²) in [4.78, 5) is 9.97. The molecule has 0 N–H and O–H groups in total. The van der Waals surface area contributed by atoms with Crippen LogP contribution in [0.3, 0.4) is 0 Å². The van der Waals surface area contributed by atoms with E-state index in [1.165, 1.54) is 0 Å². The molecule has 0 saturated heterocycles. The third-order valence-corrected chi connectivity index (χ3v) is 3.62. The number of carbonyl (C=O) groups is 1. The Morgan fingerprint density at radius 3 is 2.43 bits per heavy atom. The number of hydrogen-bond donors (Lipinski definition) is 0. The highest BCUT2D eigenvalue weighted by molar-refractivity contribution is 6.68. The van der Waals surface area contributed by atoms with Gasteiger partial charge in [0.25, 0.3) is 0 Å². The molecule has 0 aromatic heterocycles. The molecule has 1 aromatic carbocycles. The van der Waals surface area contributed by atoms with E-state index in [1.807, 2.05) is 36.9 Å². The van der Waals surface area contributed by atoms with E-state index in [0.29, 0.717) is 0 Å². The van der Waals surface area contributed by atoms with Crippen LogP contribution in [0.5, 0.6) is 0 Å². The van der Waals surface area contributed by atoms with Gasteiger partial charge < -0.3 is 4.43 Å². The van der Waals surface area contributed by atoms with Gasteiger partial charge in [-0.05, 0) is 11.7 Å². The molecule has 0 aliphatic rings. The predicted octanol–water partition coefficient (Wildman–Crippen LogP) is 1.86. The third-order valence-electron chi connectivity index (χ3n) is 1.61. The third kappa shape index (κ3) is 3.33. The summed E-state index contributed by atoms with van der Waals surface area (Å²) >= 11 is 10.7. The summed E-state index contributed by atoms with van der Waals surface area (Å²) < 4.78 is 5.10. The summed E-state index contributed by atoms with van der Waals surface area (Å²) in [6, 6.07) is 9.54. The molecule has 0 aliphatic heterocycles. The molecular weight excluding hydrogens is 239 g/mol. The maximum absolute atomic E-state index is 11.1. The lowest BCUT2D eigenvalue weighted by atomic mass is 10.4. The van der Waals surface area contributed by atoms with Crippen molar-refractivity contribution < 1.29 is 9.22 Å². The highest BCUT2D eigenvalue weighted by Crippen LogP contribution is 2.04. The normalized spacial score (nSPS) is 10.6. The molecule has 0 atom stereocenters. The lowest BCUT2D eigenvalue weighted by Crippen LogP contribution is -2.34. The van der Waals surface area contributed by atoms with Crippen LogP contribution in [-0.2, 0) is 9.22 Å². The second-order valence-electron chi connectivity index (χ2n) is 2.64. The van der Waals surface area contributed by atoms with E-state index >= 15 is 0 Å². The summed E-state index contributed by atoms with van der Waals surface area (Å²) in [5.41, 5.74) is 0. The fourth-order valence-electron chi connectivity index (χ4n) is 0.927. The average Bonchev–Trinajstić information content (AvgIpc) is 2.19. The van der Waals surface area contributed by atoms with E-state index in [9.17, 15) is 4.79 Å². The largest absolute Gasteiger partial charge is 0.511 e. The Balaban J connectivity index is 2.59. The van der Waals surface area contributed by atoms with Gasteiger partial charge in [0.2, 0.25) is 4.84 Å². The SMILES string of the molecule is C[Si](OC(=O)C(Cl)Cl)c1ccccc1. The number of halogens is 2. The Kier molecular flexibility index (Phi) is 4.45. The topological polar surface area (TPSA) is 26.3 Å². The highest BCUT2D eigenvalue weighted by Gasteiger charge is 2.19. The Bertz CT molecular complexity index is 303. The Labute approximate surface area is 94.5 Å². The molecule has 0 bridgehead atoms. The van der Waals surface area contributed by atoms with Crippen molar-refractivity contribution in [2.75, 3.05) is 0 Å². The van der Waals surface area contributed by atoms with Crippen LogP contribution in [0.1, 0.15) is 0 Å². The van der Waals surface area contributed by atoms with Crippen LogP contribution in [0.4, 0.5) is 0 Å². The van der Waals surface area contributed by atoms with Crippen molar-refractivity contribution >= 4 is 43.4 Å². The number of alkyl halides is 2. The molecule has 75 valence electrons. The first kappa shape index (κ1) is 11.6. The standard InChI is InChI=1S/C9H9Cl2O2Si/c1-14(13-9(12)8(10)11)7-5-3-2-4-6-7/h2-6,8H,1H3. The van der Waals surface area contributed by atoms with E-state index in [0.717, 1.165) is 5.19 Å². The molecule has 5 heteroatoms. The van der Waals surface area contributed by atoms with Crippen molar-refractivity contribution in [3.63, 3.8) is 0 Å². The van der Waals surface area contributed by atoms with Crippen LogP contribution in [0, 0.1) is 0 Å². The maximum atomic E-state index is 11.1. The minimum Gasteiger partial charge on any atom is -0.511 e. The van der Waals surface area contributed by atoms with Crippen molar-refractivity contribution in [2.45, 2.75) is 11.4 Å². The van der Waals surface area contributed by atoms with Gasteiger partial charge in [0, 0.05) is 0 Å². The van der Waals surface area contributed by atoms with E-state index in [4.69, 9.17) is 27.6 Å².